The first-order chi connectivity index (χ1) is 51.5. The summed E-state index contributed by atoms with van der Waals surface area (Å²) in [5, 5.41) is 26.3. The average Bonchev–Trinajstić information content (AvgIpc) is 1.72. The normalized spacial score (nSPS) is 18.9. The molecule has 3 aliphatic heterocycles. The minimum atomic E-state index is -1.30. The molecule has 13 amide bonds. The summed E-state index contributed by atoms with van der Waals surface area (Å²) < 4.78 is 0. The van der Waals surface area contributed by atoms with Crippen LogP contribution in [-0.2, 0) is 68.7 Å². The number of nitrogens with zero attached hydrogens (tertiary/aromatic N) is 4. The van der Waals surface area contributed by atoms with Crippen molar-refractivity contribution >= 4 is 93.7 Å². The van der Waals surface area contributed by atoms with E-state index in [4.69, 9.17) is 28.7 Å². The highest BCUT2D eigenvalue weighted by atomic mass is 16.2. The van der Waals surface area contributed by atoms with Crippen molar-refractivity contribution in [1.82, 2.24) is 67.5 Å². The molecule has 0 aliphatic carbocycles. The topological polar surface area (TPSA) is 498 Å². The zero-order valence-electron chi connectivity index (χ0n) is 66.6. The first-order valence-electron chi connectivity index (χ1n) is 39.5. The van der Waals surface area contributed by atoms with Gasteiger partial charge in [-0.25, -0.2) is 0 Å². The lowest BCUT2D eigenvalue weighted by Crippen LogP contribution is -2.61. The van der Waals surface area contributed by atoms with Crippen molar-refractivity contribution < 1.29 is 62.3 Å². The van der Waals surface area contributed by atoms with E-state index in [1.807, 2.05) is 107 Å². The Balaban J connectivity index is 1.33. The lowest BCUT2D eigenvalue weighted by molar-refractivity contribution is -0.144. The fourth-order valence-electron chi connectivity index (χ4n) is 14.4. The molecule has 0 saturated carbocycles. The van der Waals surface area contributed by atoms with E-state index >= 15 is 9.59 Å². The van der Waals surface area contributed by atoms with Crippen molar-refractivity contribution in [2.45, 2.75) is 284 Å². The number of carbonyl (C=O) groups excluding carboxylic acids is 13. The molecule has 3 fully saturated rings. The summed E-state index contributed by atoms with van der Waals surface area (Å²) in [6.07, 6.45) is 6.65. The lowest BCUT2D eigenvalue weighted by atomic mass is 9.97. The van der Waals surface area contributed by atoms with Gasteiger partial charge in [-0.05, 0) is 163 Å². The number of aliphatic imine (C=N–C) groups is 1. The van der Waals surface area contributed by atoms with Crippen LogP contribution in [0, 0.1) is 35.5 Å². The highest BCUT2D eigenvalue weighted by Gasteiger charge is 2.45. The highest BCUT2D eigenvalue weighted by Crippen LogP contribution is 2.27. The van der Waals surface area contributed by atoms with Gasteiger partial charge >= 0.3 is 0 Å². The summed E-state index contributed by atoms with van der Waals surface area (Å²) in [6.45, 7) is 24.9. The van der Waals surface area contributed by atoms with Gasteiger partial charge in [0.25, 0.3) is 0 Å². The van der Waals surface area contributed by atoms with Gasteiger partial charge in [0.2, 0.25) is 76.8 Å². The third-order valence-electron chi connectivity index (χ3n) is 20.4. The zero-order valence-corrected chi connectivity index (χ0v) is 66.6. The Morgan fingerprint density at radius 3 is 1.28 bits per heavy atom. The predicted molar refractivity (Wildman–Crippen MR) is 416 cm³/mol. The Kier molecular flexibility index (Phi) is 36.6. The van der Waals surface area contributed by atoms with Crippen LogP contribution in [0.25, 0.3) is 10.9 Å². The molecule has 2 aromatic rings. The van der Waals surface area contributed by atoms with E-state index in [1.165, 1.54) is 21.6 Å². The first-order valence-corrected chi connectivity index (χ1v) is 39.5. The number of carbonyl (C=O) groups is 13. The Hall–Kier alpha value is -8.94. The van der Waals surface area contributed by atoms with Crippen LogP contribution < -0.4 is 76.5 Å². The number of guanidine groups is 1. The van der Waals surface area contributed by atoms with Gasteiger partial charge in [-0.2, -0.15) is 0 Å². The molecule has 3 saturated heterocycles. The fraction of sp³-hybridized carbons (Fsp3) is 0.714. The van der Waals surface area contributed by atoms with Crippen molar-refractivity contribution in [3.8, 4) is 0 Å². The number of primary amides is 1. The predicted octanol–water partition coefficient (Wildman–Crippen LogP) is 1.34. The summed E-state index contributed by atoms with van der Waals surface area (Å²) in [5.41, 5.74) is 30.1. The van der Waals surface area contributed by atoms with E-state index in [1.54, 1.807) is 6.20 Å². The van der Waals surface area contributed by atoms with Crippen LogP contribution in [0.4, 0.5) is 0 Å². The lowest BCUT2D eigenvalue weighted by Gasteiger charge is -2.33. The second kappa shape index (κ2) is 44.0. The molecular weight excluding hydrogens is 1400 g/mol. The molecule has 4 heterocycles. The number of para-hydroxylation sites is 1. The third-order valence-corrected chi connectivity index (χ3v) is 20.4. The molecule has 0 bridgehead atoms. The van der Waals surface area contributed by atoms with Gasteiger partial charge in [-0.1, -0.05) is 108 Å². The van der Waals surface area contributed by atoms with E-state index in [9.17, 15) is 52.7 Å². The molecule has 5 rings (SSSR count). The summed E-state index contributed by atoms with van der Waals surface area (Å²) >= 11 is 0. The van der Waals surface area contributed by atoms with Crippen LogP contribution in [0.1, 0.15) is 205 Å². The molecule has 20 N–H and O–H groups in total. The van der Waals surface area contributed by atoms with Crippen molar-refractivity contribution in [2.24, 2.45) is 69.2 Å². The first kappa shape index (κ1) is 90.7. The molecule has 610 valence electrons. The standard InChI is InChI=1S/C77H129N19O13/c1-14-47(12)63(79)73(106)93-59(39-46(10)11)76(109)96-34-22-29-62(96)72(105)90-56(40-49-41-84-51-24-16-15-23-50(49)51)69(102)87-53(25-17-18-30-78)66(99)91-57(37-44(6)7)74(107)94-32-21-28-61(94)71(104)89-55(36-43(4)5)68(101)92-58(38-45(8)9)75(108)95-33-20-27-60(95)70(103)88-54(35-42(2)3)67(100)85-48(13)65(98)86-52(64(80)97)26-19-31-83-77(81)82/h15-16,23-24,41-48,52-63,84H,14,17-22,25-40,78-79H2,1-13H3,(H2,80,97)(H,85,100)(H,86,98)(H,87,102)(H,88,103)(H,89,104)(H,90,105)(H,91,99)(H,92,101)(H,93,106)(H4,81,82,83)/t47-,48-,52-,53-,54-,55-,56-,57-,58-,59-,60-,61-,62-,63-/m0/s1. The van der Waals surface area contributed by atoms with Gasteiger partial charge in [0.1, 0.15) is 72.5 Å². The second-order valence-corrected chi connectivity index (χ2v) is 32.0. The maximum absolute atomic E-state index is 15.1. The maximum Gasteiger partial charge on any atom is 0.245 e. The number of aromatic amines is 1. The Bertz CT molecular complexity index is 3450. The average molecular weight is 1530 g/mol. The number of nitrogens with one attached hydrogen (secondary N) is 10. The van der Waals surface area contributed by atoms with Crippen LogP contribution >= 0.6 is 0 Å². The minimum absolute atomic E-state index is 0.0136. The molecule has 1 aromatic carbocycles. The quantitative estimate of drug-likeness (QED) is 0.0253. The summed E-state index contributed by atoms with van der Waals surface area (Å²) in [7, 11) is 0. The van der Waals surface area contributed by atoms with Gasteiger partial charge in [0, 0.05) is 49.7 Å². The van der Waals surface area contributed by atoms with Crippen molar-refractivity contribution in [1.29, 1.82) is 0 Å². The van der Waals surface area contributed by atoms with Gasteiger partial charge in [0.05, 0.1) is 6.04 Å². The SMILES string of the molecule is CC[C@H](C)[C@H](N)C(=O)N[C@@H](CC(C)C)C(=O)N1CCC[C@H]1C(=O)N[C@@H](Cc1c[nH]c2ccccc12)C(=O)N[C@@H](CCCCN)C(=O)N[C@@H](CC(C)C)C(=O)N1CCC[C@H]1C(=O)N[C@@H](CC(C)C)C(=O)N[C@@H](CC(C)C)C(=O)N1CCC[C@H]1C(=O)N[C@@H](CC(C)C)C(=O)N[C@@H](C)C(=O)N[C@@H](CCCN=C(N)N)C(N)=O. The number of hydrogen-bond donors (Lipinski definition) is 15. The van der Waals surface area contributed by atoms with Crippen molar-refractivity contribution in [3.63, 3.8) is 0 Å². The zero-order chi connectivity index (χ0) is 81.1. The number of unbranched alkanes of at least 4 members (excludes halogenated alkanes) is 1. The molecule has 3 aliphatic rings. The van der Waals surface area contributed by atoms with E-state index in [0.29, 0.717) is 50.5 Å². The van der Waals surface area contributed by atoms with Crippen molar-refractivity contribution in [2.75, 3.05) is 32.7 Å². The van der Waals surface area contributed by atoms with Gasteiger partial charge in [-0.15, -0.1) is 0 Å². The molecule has 1 aromatic heterocycles. The number of fused-ring (bicyclic) bond motifs is 1. The molecule has 0 spiro atoms. The number of rotatable bonds is 44. The maximum atomic E-state index is 15.1. The molecule has 109 heavy (non-hydrogen) atoms. The Labute approximate surface area is 642 Å². The highest BCUT2D eigenvalue weighted by molar-refractivity contribution is 6.00. The number of hydrogen-bond acceptors (Lipinski definition) is 16. The summed E-state index contributed by atoms with van der Waals surface area (Å²) in [6, 6.07) is -7.00. The number of amides is 13. The van der Waals surface area contributed by atoms with E-state index in [-0.39, 0.29) is 145 Å². The summed E-state index contributed by atoms with van der Waals surface area (Å²) in [4.78, 5) is 197. The largest absolute Gasteiger partial charge is 0.370 e. The Morgan fingerprint density at radius 1 is 0.468 bits per heavy atom. The summed E-state index contributed by atoms with van der Waals surface area (Å²) in [5.74, 6) is -9.03. The number of benzene rings is 1. The van der Waals surface area contributed by atoms with Gasteiger partial charge < -0.3 is 96.2 Å². The molecule has 32 heteroatoms. The fourth-order valence-corrected chi connectivity index (χ4v) is 14.4. The van der Waals surface area contributed by atoms with E-state index in [0.717, 1.165) is 10.9 Å². The van der Waals surface area contributed by atoms with Crippen LogP contribution in [0.15, 0.2) is 35.5 Å². The van der Waals surface area contributed by atoms with Crippen LogP contribution in [0.2, 0.25) is 0 Å². The molecule has 14 atom stereocenters. The van der Waals surface area contributed by atoms with Crippen LogP contribution in [-0.4, -0.2) is 214 Å². The number of H-pyrrole nitrogens is 1. The molecule has 32 nitrogen and oxygen atoms in total. The minimum Gasteiger partial charge on any atom is -0.370 e. The monoisotopic (exact) mass is 1530 g/mol. The number of likely N-dealkylation sites (tertiary alicyclic amines) is 3. The smallest absolute Gasteiger partial charge is 0.245 e. The van der Waals surface area contributed by atoms with Gasteiger partial charge in [-0.3, -0.25) is 67.3 Å². The number of nitrogens with two attached hydrogens (primary N) is 5. The number of aromatic nitrogens is 1. The van der Waals surface area contributed by atoms with Crippen LogP contribution in [0.3, 0.4) is 0 Å². The van der Waals surface area contributed by atoms with Crippen molar-refractivity contribution in [3.05, 3.63) is 36.0 Å². The molecule has 0 unspecified atom stereocenters. The Morgan fingerprint density at radius 2 is 0.853 bits per heavy atom. The van der Waals surface area contributed by atoms with Gasteiger partial charge in [0.15, 0.2) is 5.96 Å². The molecular formula is C77H129N19O13. The van der Waals surface area contributed by atoms with Crippen LogP contribution in [0.5, 0.6) is 0 Å². The van der Waals surface area contributed by atoms with E-state index < -0.39 is 155 Å². The molecule has 0 radical (unpaired) electrons. The second-order valence-electron chi connectivity index (χ2n) is 32.0. The third kappa shape index (κ3) is 27.8. The van der Waals surface area contributed by atoms with E-state index in [2.05, 4.69) is 57.8 Å².